The van der Waals surface area contributed by atoms with Crippen molar-refractivity contribution in [1.82, 2.24) is 19.9 Å². The average Bonchev–Trinajstić information content (AvgIpc) is 3.96. The van der Waals surface area contributed by atoms with Crippen LogP contribution in [0.15, 0.2) is 72.8 Å². The summed E-state index contributed by atoms with van der Waals surface area (Å²) in [6.45, 7) is 0. The lowest BCUT2D eigenvalue weighted by atomic mass is 10.0. The normalized spacial score (nSPS) is 11.5. The summed E-state index contributed by atoms with van der Waals surface area (Å²) in [6.07, 6.45) is 19.8. The van der Waals surface area contributed by atoms with Gasteiger partial charge in [0.2, 0.25) is 0 Å². The standard InChI is InChI=1S/C40H26N4O4/c1-5-27-29-15-19-33(41-29)37(23-7-11-25(12-8-23)39(45)47-3)35-21-17-31(43-35)28(6-2)32-18-22-36(44-32)38(34-20-16-30(27)42-34)24-9-13-26(14-10-24)40(46)48-4/h1-2,7-22,41,44H,3-4H3. The molecule has 0 spiro atoms. The molecule has 2 N–H and O–H groups in total. The molecule has 0 saturated heterocycles. The Labute approximate surface area is 275 Å². The van der Waals surface area contributed by atoms with E-state index < -0.39 is 11.9 Å². The van der Waals surface area contributed by atoms with Crippen LogP contribution in [0, 0.1) is 24.7 Å². The molecule has 2 aromatic carbocycles. The van der Waals surface area contributed by atoms with Gasteiger partial charge in [-0.15, -0.1) is 12.8 Å². The fraction of sp³-hybridized carbons (Fsp3) is 0.0500. The molecule has 0 atom stereocenters. The Morgan fingerprint density at radius 1 is 0.542 bits per heavy atom. The van der Waals surface area contributed by atoms with Crippen LogP contribution in [0.5, 0.6) is 0 Å². The van der Waals surface area contributed by atoms with E-state index in [1.807, 2.05) is 72.8 Å². The van der Waals surface area contributed by atoms with Gasteiger partial charge in [-0.2, -0.15) is 0 Å². The highest BCUT2D eigenvalue weighted by molar-refractivity contribution is 5.97. The molecule has 230 valence electrons. The maximum absolute atomic E-state index is 12.1. The summed E-state index contributed by atoms with van der Waals surface area (Å²) in [5, 5.41) is 0. The largest absolute Gasteiger partial charge is 0.465 e. The van der Waals surface area contributed by atoms with Crippen molar-refractivity contribution < 1.29 is 19.1 Å². The van der Waals surface area contributed by atoms with E-state index in [9.17, 15) is 9.59 Å². The van der Waals surface area contributed by atoms with Gasteiger partial charge < -0.3 is 19.4 Å². The Hall–Kier alpha value is -6.90. The minimum absolute atomic E-state index is 0.424. The molecule has 7 rings (SSSR count). The molecule has 5 heterocycles. The number of carbonyl (C=O) groups is 2. The molecule has 48 heavy (non-hydrogen) atoms. The Kier molecular flexibility index (Phi) is 7.53. The first kappa shape index (κ1) is 29.8. The third kappa shape index (κ3) is 5.14. The van der Waals surface area contributed by atoms with Gasteiger partial charge in [0.1, 0.15) is 0 Å². The zero-order valence-electron chi connectivity index (χ0n) is 25.9. The molecule has 0 aliphatic carbocycles. The van der Waals surface area contributed by atoms with Crippen molar-refractivity contribution in [2.75, 3.05) is 14.2 Å². The van der Waals surface area contributed by atoms with Gasteiger partial charge in [0.15, 0.2) is 0 Å². The van der Waals surface area contributed by atoms with Gasteiger partial charge in [-0.1, -0.05) is 36.1 Å². The number of nitrogens with one attached hydrogen (secondary N) is 2. The summed E-state index contributed by atoms with van der Waals surface area (Å²) < 4.78 is 9.78. The number of ether oxygens (including phenoxy) is 2. The van der Waals surface area contributed by atoms with E-state index in [0.29, 0.717) is 56.1 Å². The maximum atomic E-state index is 12.1. The molecular weight excluding hydrogens is 600 g/mol. The minimum atomic E-state index is -0.424. The molecule has 0 radical (unpaired) electrons. The average molecular weight is 627 g/mol. The van der Waals surface area contributed by atoms with Crippen LogP contribution in [-0.4, -0.2) is 46.1 Å². The summed E-state index contributed by atoms with van der Waals surface area (Å²) in [6, 6.07) is 22.0. The van der Waals surface area contributed by atoms with Gasteiger partial charge in [-0.05, 0) is 84.0 Å². The second-order valence-corrected chi connectivity index (χ2v) is 10.9. The van der Waals surface area contributed by atoms with Crippen molar-refractivity contribution in [3.63, 3.8) is 0 Å². The number of rotatable bonds is 4. The zero-order chi connectivity index (χ0) is 33.4. The van der Waals surface area contributed by atoms with E-state index in [-0.39, 0.29) is 0 Å². The number of fused-ring (bicyclic) bond motifs is 8. The number of nitrogens with zero attached hydrogens (tertiary/aromatic N) is 2. The quantitative estimate of drug-likeness (QED) is 0.154. The first-order chi connectivity index (χ1) is 23.4. The lowest BCUT2D eigenvalue weighted by molar-refractivity contribution is 0.0592. The molecule has 8 nitrogen and oxygen atoms in total. The van der Waals surface area contributed by atoms with Crippen LogP contribution in [0.3, 0.4) is 0 Å². The lowest BCUT2D eigenvalue weighted by Gasteiger charge is -2.06. The maximum Gasteiger partial charge on any atom is 0.337 e. The number of terminal acetylenes is 2. The lowest BCUT2D eigenvalue weighted by Crippen LogP contribution is -2.00. The molecular formula is C40H26N4O4. The number of hydrogen-bond donors (Lipinski definition) is 2. The fourth-order valence-electron chi connectivity index (χ4n) is 5.90. The van der Waals surface area contributed by atoms with Crippen molar-refractivity contribution in [2.24, 2.45) is 0 Å². The second-order valence-electron chi connectivity index (χ2n) is 10.9. The monoisotopic (exact) mass is 626 g/mol. The highest BCUT2D eigenvalue weighted by Gasteiger charge is 2.17. The zero-order valence-corrected chi connectivity index (χ0v) is 25.9. The molecule has 3 aromatic heterocycles. The third-order valence-corrected chi connectivity index (χ3v) is 8.23. The number of H-pyrrole nitrogens is 2. The van der Waals surface area contributed by atoms with Crippen LogP contribution in [0.1, 0.15) is 54.6 Å². The third-order valence-electron chi connectivity index (χ3n) is 8.23. The van der Waals surface area contributed by atoms with Crippen molar-refractivity contribution >= 4 is 58.3 Å². The van der Waals surface area contributed by atoms with E-state index in [2.05, 4.69) is 21.8 Å². The second kappa shape index (κ2) is 12.1. The first-order valence-corrected chi connectivity index (χ1v) is 14.9. The molecule has 0 fully saturated rings. The fourth-order valence-corrected chi connectivity index (χ4v) is 5.90. The number of hydrogen-bond acceptors (Lipinski definition) is 6. The smallest absolute Gasteiger partial charge is 0.337 e. The van der Waals surface area contributed by atoms with Gasteiger partial charge >= 0.3 is 11.9 Å². The van der Waals surface area contributed by atoms with Gasteiger partial charge in [0, 0.05) is 22.2 Å². The molecule has 0 amide bonds. The minimum Gasteiger partial charge on any atom is -0.465 e. The summed E-state index contributed by atoms with van der Waals surface area (Å²) in [4.78, 5) is 41.3. The van der Waals surface area contributed by atoms with Gasteiger partial charge in [-0.25, -0.2) is 19.6 Å². The molecule has 2 aliphatic heterocycles. The Morgan fingerprint density at radius 2 is 0.896 bits per heavy atom. The van der Waals surface area contributed by atoms with Gasteiger partial charge in [-0.3, -0.25) is 0 Å². The molecule has 2 aliphatic rings. The number of aromatic amines is 2. The van der Waals surface area contributed by atoms with Crippen LogP contribution in [0.4, 0.5) is 0 Å². The van der Waals surface area contributed by atoms with Crippen LogP contribution in [-0.2, 0) is 9.47 Å². The Bertz CT molecular complexity index is 2290. The van der Waals surface area contributed by atoms with Crippen molar-refractivity contribution in [3.8, 4) is 46.9 Å². The SMILES string of the molecule is C#Cc1c2nc(c(-c3ccc(C(=O)OC)cc3)c3ccc([nH]3)c(C#C)c3nc(c(-c4ccc(C(=O)OC)cc4)c4ccc1[nH]4)C=C3)C=C2. The summed E-state index contributed by atoms with van der Waals surface area (Å²) >= 11 is 0. The Balaban J connectivity index is 1.56. The van der Waals surface area contributed by atoms with Crippen molar-refractivity contribution in [3.05, 3.63) is 118 Å². The van der Waals surface area contributed by atoms with Gasteiger partial charge in [0.05, 0.1) is 70.3 Å². The number of benzene rings is 2. The topological polar surface area (TPSA) is 110 Å². The molecule has 8 heteroatoms. The first-order valence-electron chi connectivity index (χ1n) is 14.9. The van der Waals surface area contributed by atoms with Crippen LogP contribution in [0.25, 0.3) is 68.6 Å². The predicted molar refractivity (Wildman–Crippen MR) is 188 cm³/mol. The number of carbonyl (C=O) groups excluding carboxylic acids is 2. The highest BCUT2D eigenvalue weighted by atomic mass is 16.5. The van der Waals surface area contributed by atoms with E-state index >= 15 is 0 Å². The van der Waals surface area contributed by atoms with Crippen molar-refractivity contribution in [1.29, 1.82) is 0 Å². The number of esters is 2. The van der Waals surface area contributed by atoms with Crippen LogP contribution >= 0.6 is 0 Å². The summed E-state index contributed by atoms with van der Waals surface area (Å²) in [7, 11) is 2.70. The number of methoxy groups -OCH3 is 2. The van der Waals surface area contributed by atoms with Gasteiger partial charge in [0.25, 0.3) is 0 Å². The van der Waals surface area contributed by atoms with E-state index in [1.165, 1.54) is 14.2 Å². The van der Waals surface area contributed by atoms with Crippen molar-refractivity contribution in [2.45, 2.75) is 0 Å². The van der Waals surface area contributed by atoms with E-state index in [1.54, 1.807) is 24.3 Å². The summed E-state index contributed by atoms with van der Waals surface area (Å²) in [5.41, 5.74) is 10.7. The molecule has 8 bridgehead atoms. The molecule has 0 unspecified atom stereocenters. The number of aromatic nitrogens is 4. The Morgan fingerprint density at radius 3 is 1.25 bits per heavy atom. The van der Waals surface area contributed by atoms with Crippen LogP contribution < -0.4 is 0 Å². The predicted octanol–water partition coefficient (Wildman–Crippen LogP) is 7.53. The van der Waals surface area contributed by atoms with E-state index in [0.717, 1.165) is 33.3 Å². The highest BCUT2D eigenvalue weighted by Crippen LogP contribution is 2.34. The molecule has 5 aromatic rings. The van der Waals surface area contributed by atoms with Crippen LogP contribution in [0.2, 0.25) is 0 Å². The van der Waals surface area contributed by atoms with E-state index in [4.69, 9.17) is 32.3 Å². The summed E-state index contributed by atoms with van der Waals surface area (Å²) in [5.74, 6) is 4.80. The molecule has 0 saturated carbocycles.